The summed E-state index contributed by atoms with van der Waals surface area (Å²) in [6.45, 7) is 14.2. The van der Waals surface area contributed by atoms with Crippen molar-refractivity contribution in [3.63, 3.8) is 0 Å². The predicted octanol–water partition coefficient (Wildman–Crippen LogP) is 4.40. The number of nitrogens with zero attached hydrogens (tertiary/aromatic N) is 6. The summed E-state index contributed by atoms with van der Waals surface area (Å²) < 4.78 is 15.1. The van der Waals surface area contributed by atoms with Gasteiger partial charge in [0.25, 0.3) is 0 Å². The summed E-state index contributed by atoms with van der Waals surface area (Å²) >= 11 is 0. The highest BCUT2D eigenvalue weighted by atomic mass is 19.1. The predicted molar refractivity (Wildman–Crippen MR) is 171 cm³/mol. The van der Waals surface area contributed by atoms with Crippen LogP contribution in [-0.4, -0.2) is 79.3 Å². The first-order valence-corrected chi connectivity index (χ1v) is 15.2. The maximum atomic E-state index is 13.5. The van der Waals surface area contributed by atoms with Crippen LogP contribution < -0.4 is 10.6 Å². The third-order valence-electron chi connectivity index (χ3n) is 7.13. The normalized spacial score (nSPS) is 13.8. The number of benzene rings is 1. The molecule has 1 aliphatic rings. The van der Waals surface area contributed by atoms with Gasteiger partial charge in [0.2, 0.25) is 0 Å². The molecule has 1 aliphatic heterocycles. The third-order valence-corrected chi connectivity index (χ3v) is 7.13. The lowest BCUT2D eigenvalue weighted by atomic mass is 9.95. The highest BCUT2D eigenvalue weighted by Gasteiger charge is 2.23. The molecule has 2 N–H and O–H groups in total. The van der Waals surface area contributed by atoms with Gasteiger partial charge in [-0.25, -0.2) is 28.7 Å². The van der Waals surface area contributed by atoms with Crippen molar-refractivity contribution in [3.8, 4) is 11.3 Å². The van der Waals surface area contributed by atoms with E-state index in [1.807, 2.05) is 0 Å². The number of unbranched alkanes of at least 4 members (excludes halogenated alkanes) is 1. The van der Waals surface area contributed by atoms with Crippen LogP contribution in [0.3, 0.4) is 0 Å². The van der Waals surface area contributed by atoms with E-state index < -0.39 is 11.9 Å². The zero-order chi connectivity index (χ0) is 33.0. The SMILES string of the molecule is CCCc1cc(N2CCN(CCCCn3ccc(-c4cccc(F)c4)nc3=O)CC2)nc(C(C)(C)C)n1.O=C(O)C=CC(=O)O. The largest absolute Gasteiger partial charge is 0.478 e. The van der Waals surface area contributed by atoms with Crippen molar-refractivity contribution in [1.82, 2.24) is 24.4 Å². The van der Waals surface area contributed by atoms with Crippen LogP contribution >= 0.6 is 0 Å². The van der Waals surface area contributed by atoms with Crippen LogP contribution in [0.1, 0.15) is 58.5 Å². The quantitative estimate of drug-likeness (QED) is 0.233. The van der Waals surface area contributed by atoms with Gasteiger partial charge in [-0.05, 0) is 44.0 Å². The molecule has 0 spiro atoms. The lowest BCUT2D eigenvalue weighted by molar-refractivity contribution is -0.134. The number of piperazine rings is 1. The van der Waals surface area contributed by atoms with E-state index in [1.54, 1.807) is 29.0 Å². The second-order valence-electron chi connectivity index (χ2n) is 11.9. The van der Waals surface area contributed by atoms with Crippen molar-refractivity contribution in [2.24, 2.45) is 0 Å². The van der Waals surface area contributed by atoms with Crippen molar-refractivity contribution in [2.45, 2.75) is 65.3 Å². The first kappa shape index (κ1) is 35.0. The van der Waals surface area contributed by atoms with Gasteiger partial charge in [0, 0.05) is 73.8 Å². The molecular weight excluding hydrogens is 579 g/mol. The average molecular weight is 623 g/mol. The van der Waals surface area contributed by atoms with Gasteiger partial charge in [-0.15, -0.1) is 0 Å². The van der Waals surface area contributed by atoms with E-state index >= 15 is 0 Å². The van der Waals surface area contributed by atoms with Crippen molar-refractivity contribution in [2.75, 3.05) is 37.6 Å². The average Bonchev–Trinajstić information content (AvgIpc) is 2.99. The fraction of sp³-hybridized carbons (Fsp3) is 0.455. The Morgan fingerprint density at radius 3 is 2.18 bits per heavy atom. The van der Waals surface area contributed by atoms with E-state index in [1.165, 1.54) is 12.1 Å². The van der Waals surface area contributed by atoms with Gasteiger partial charge in [-0.2, -0.15) is 4.98 Å². The maximum absolute atomic E-state index is 13.5. The summed E-state index contributed by atoms with van der Waals surface area (Å²) in [5.41, 5.74) is 1.88. The first-order valence-electron chi connectivity index (χ1n) is 15.2. The van der Waals surface area contributed by atoms with E-state index in [-0.39, 0.29) is 16.9 Å². The Morgan fingerprint density at radius 2 is 1.60 bits per heavy atom. The molecule has 0 atom stereocenters. The monoisotopic (exact) mass is 622 g/mol. The van der Waals surface area contributed by atoms with Crippen LogP contribution in [0.15, 0.2) is 59.5 Å². The number of aryl methyl sites for hydroxylation is 2. The molecular formula is C33H43FN6O5. The number of rotatable bonds is 11. The zero-order valence-electron chi connectivity index (χ0n) is 26.4. The van der Waals surface area contributed by atoms with Gasteiger partial charge in [0.05, 0.1) is 5.69 Å². The van der Waals surface area contributed by atoms with Gasteiger partial charge < -0.3 is 15.1 Å². The summed E-state index contributed by atoms with van der Waals surface area (Å²) in [5, 5.41) is 15.6. The molecule has 45 heavy (non-hydrogen) atoms. The molecule has 1 saturated heterocycles. The Kier molecular flexibility index (Phi) is 12.9. The number of carboxylic acid groups (broad SMARTS) is 2. The maximum Gasteiger partial charge on any atom is 0.348 e. The molecule has 1 fully saturated rings. The van der Waals surface area contributed by atoms with Crippen molar-refractivity contribution >= 4 is 17.8 Å². The molecule has 0 unspecified atom stereocenters. The zero-order valence-corrected chi connectivity index (χ0v) is 26.4. The summed E-state index contributed by atoms with van der Waals surface area (Å²) in [7, 11) is 0. The summed E-state index contributed by atoms with van der Waals surface area (Å²) in [5.74, 6) is -0.877. The standard InChI is InChI=1S/C29H39FN6O.C4H4O4/c1-5-9-24-21-26(33-27(31-24)29(2,3)4)35-18-16-34(17-19-35)13-6-7-14-36-15-12-25(32-28(36)37)22-10-8-11-23(30)20-22;5-3(6)1-2-4(7)8/h8,10-12,15,20-21H,5-7,9,13-14,16-19H2,1-4H3;1-2H,(H,5,6)(H,7,8). The second kappa shape index (κ2) is 16.6. The molecule has 0 saturated carbocycles. The lowest BCUT2D eigenvalue weighted by Crippen LogP contribution is -2.47. The van der Waals surface area contributed by atoms with Crippen LogP contribution in [-0.2, 0) is 28.0 Å². The molecule has 0 amide bonds. The number of aliphatic carboxylic acids is 2. The number of halogens is 1. The van der Waals surface area contributed by atoms with E-state index in [2.05, 4.69) is 48.5 Å². The number of carbonyl (C=O) groups is 2. The van der Waals surface area contributed by atoms with Gasteiger partial charge >= 0.3 is 17.6 Å². The number of anilines is 1. The van der Waals surface area contributed by atoms with Crippen LogP contribution in [0.2, 0.25) is 0 Å². The number of aromatic nitrogens is 4. The minimum absolute atomic E-state index is 0.0718. The number of hydrogen-bond acceptors (Lipinski definition) is 8. The molecule has 0 aliphatic carbocycles. The fourth-order valence-corrected chi connectivity index (χ4v) is 4.73. The smallest absolute Gasteiger partial charge is 0.348 e. The molecule has 11 nitrogen and oxygen atoms in total. The fourth-order valence-electron chi connectivity index (χ4n) is 4.73. The van der Waals surface area contributed by atoms with Crippen LogP contribution in [0.4, 0.5) is 10.2 Å². The van der Waals surface area contributed by atoms with E-state index in [0.717, 1.165) is 75.7 Å². The van der Waals surface area contributed by atoms with Crippen molar-refractivity contribution in [1.29, 1.82) is 0 Å². The molecule has 3 heterocycles. The Balaban J connectivity index is 0.000000610. The van der Waals surface area contributed by atoms with E-state index in [9.17, 15) is 18.8 Å². The molecule has 2 aromatic heterocycles. The highest BCUT2D eigenvalue weighted by Crippen LogP contribution is 2.24. The second-order valence-corrected chi connectivity index (χ2v) is 11.9. The molecule has 1 aromatic carbocycles. The first-order chi connectivity index (χ1) is 21.3. The van der Waals surface area contributed by atoms with Crippen LogP contribution in [0.25, 0.3) is 11.3 Å². The summed E-state index contributed by atoms with van der Waals surface area (Å²) in [6.07, 6.45) is 6.85. The number of hydrogen-bond donors (Lipinski definition) is 2. The summed E-state index contributed by atoms with van der Waals surface area (Å²) in [4.78, 5) is 50.3. The molecule has 4 rings (SSSR count). The van der Waals surface area contributed by atoms with E-state index in [4.69, 9.17) is 20.2 Å². The molecule has 242 valence electrons. The van der Waals surface area contributed by atoms with Crippen molar-refractivity contribution < 1.29 is 24.2 Å². The molecule has 12 heteroatoms. The van der Waals surface area contributed by atoms with Crippen LogP contribution in [0, 0.1) is 5.82 Å². The Bertz CT molecular complexity index is 1510. The van der Waals surface area contributed by atoms with Crippen LogP contribution in [0.5, 0.6) is 0 Å². The molecule has 0 bridgehead atoms. The van der Waals surface area contributed by atoms with E-state index in [0.29, 0.717) is 30.0 Å². The lowest BCUT2D eigenvalue weighted by Gasteiger charge is -2.36. The molecule has 3 aromatic rings. The number of carboxylic acids is 2. The Morgan fingerprint density at radius 1 is 0.933 bits per heavy atom. The minimum Gasteiger partial charge on any atom is -0.478 e. The topological polar surface area (TPSA) is 142 Å². The summed E-state index contributed by atoms with van der Waals surface area (Å²) in [6, 6.07) is 10.1. The van der Waals surface area contributed by atoms with Gasteiger partial charge in [-0.1, -0.05) is 46.2 Å². The Hall–Kier alpha value is -4.45. The third kappa shape index (κ3) is 11.5. The van der Waals surface area contributed by atoms with Gasteiger partial charge in [0.1, 0.15) is 17.5 Å². The Labute approximate surface area is 263 Å². The highest BCUT2D eigenvalue weighted by molar-refractivity contribution is 5.89. The molecule has 0 radical (unpaired) electrons. The minimum atomic E-state index is -1.26. The van der Waals surface area contributed by atoms with Gasteiger partial charge in [-0.3, -0.25) is 9.47 Å². The van der Waals surface area contributed by atoms with Gasteiger partial charge in [0.15, 0.2) is 0 Å². The van der Waals surface area contributed by atoms with Crippen molar-refractivity contribution in [3.05, 3.63) is 82.6 Å².